The fourth-order valence-electron chi connectivity index (χ4n) is 2.46. The standard InChI is InChI=1S/C13H19N3S/c1-9-6-7-15-13(11(9)12(14)17)16-8-10-4-2-3-5-10/h6-7,10H,2-5,8H2,1H3,(H2,14,17)(H,15,16). The molecule has 0 atom stereocenters. The van der Waals surface area contributed by atoms with Gasteiger partial charge in [-0.05, 0) is 37.3 Å². The van der Waals surface area contributed by atoms with Crippen LogP contribution >= 0.6 is 12.2 Å². The first-order valence-electron chi connectivity index (χ1n) is 6.17. The van der Waals surface area contributed by atoms with Crippen molar-refractivity contribution in [2.75, 3.05) is 11.9 Å². The van der Waals surface area contributed by atoms with Gasteiger partial charge < -0.3 is 11.1 Å². The van der Waals surface area contributed by atoms with Gasteiger partial charge in [-0.2, -0.15) is 0 Å². The summed E-state index contributed by atoms with van der Waals surface area (Å²) in [4.78, 5) is 4.76. The molecule has 3 nitrogen and oxygen atoms in total. The Hall–Kier alpha value is -1.16. The van der Waals surface area contributed by atoms with Gasteiger partial charge in [0.15, 0.2) is 0 Å². The maximum atomic E-state index is 5.75. The van der Waals surface area contributed by atoms with Crippen molar-refractivity contribution >= 4 is 23.0 Å². The molecule has 0 amide bonds. The normalized spacial score (nSPS) is 16.1. The predicted octanol–water partition coefficient (Wildman–Crippen LogP) is 2.63. The summed E-state index contributed by atoms with van der Waals surface area (Å²) in [7, 11) is 0. The third kappa shape index (κ3) is 2.94. The Morgan fingerprint density at radius 2 is 2.24 bits per heavy atom. The summed E-state index contributed by atoms with van der Waals surface area (Å²) >= 11 is 5.08. The number of nitrogens with one attached hydrogen (secondary N) is 1. The van der Waals surface area contributed by atoms with Crippen LogP contribution in [0.15, 0.2) is 12.3 Å². The van der Waals surface area contributed by atoms with Gasteiger partial charge in [-0.15, -0.1) is 0 Å². The van der Waals surface area contributed by atoms with Crippen molar-refractivity contribution in [3.8, 4) is 0 Å². The van der Waals surface area contributed by atoms with Crippen LogP contribution in [0.25, 0.3) is 0 Å². The van der Waals surface area contributed by atoms with Crippen molar-refractivity contribution < 1.29 is 0 Å². The van der Waals surface area contributed by atoms with Crippen molar-refractivity contribution in [1.82, 2.24) is 4.98 Å². The lowest BCUT2D eigenvalue weighted by Gasteiger charge is -2.15. The van der Waals surface area contributed by atoms with Gasteiger partial charge >= 0.3 is 0 Å². The molecule has 1 heterocycles. The van der Waals surface area contributed by atoms with Crippen molar-refractivity contribution in [2.24, 2.45) is 11.7 Å². The molecule has 0 saturated heterocycles. The van der Waals surface area contributed by atoms with E-state index < -0.39 is 0 Å². The summed E-state index contributed by atoms with van der Waals surface area (Å²) in [5.74, 6) is 1.61. The van der Waals surface area contributed by atoms with E-state index in [0.29, 0.717) is 4.99 Å². The van der Waals surface area contributed by atoms with E-state index in [0.717, 1.165) is 29.4 Å². The molecular weight excluding hydrogens is 230 g/mol. The van der Waals surface area contributed by atoms with Gasteiger partial charge in [0.2, 0.25) is 0 Å². The third-order valence-corrected chi connectivity index (χ3v) is 3.64. The van der Waals surface area contributed by atoms with E-state index in [1.807, 2.05) is 13.0 Å². The molecular formula is C13H19N3S. The topological polar surface area (TPSA) is 50.9 Å². The van der Waals surface area contributed by atoms with Crippen LogP contribution in [0.3, 0.4) is 0 Å². The summed E-state index contributed by atoms with van der Waals surface area (Å²) < 4.78 is 0. The van der Waals surface area contributed by atoms with E-state index >= 15 is 0 Å². The lowest BCUT2D eigenvalue weighted by Crippen LogP contribution is -2.19. The third-order valence-electron chi connectivity index (χ3n) is 3.44. The molecule has 1 aliphatic rings. The summed E-state index contributed by atoms with van der Waals surface area (Å²) in [5.41, 5.74) is 7.72. The van der Waals surface area contributed by atoms with Crippen LogP contribution in [0.5, 0.6) is 0 Å². The molecule has 0 aliphatic heterocycles. The minimum atomic E-state index is 0.421. The molecule has 0 spiro atoms. The number of nitrogens with two attached hydrogens (primary N) is 1. The SMILES string of the molecule is Cc1ccnc(NCC2CCCC2)c1C(N)=S. The van der Waals surface area contributed by atoms with Crippen LogP contribution in [-0.4, -0.2) is 16.5 Å². The minimum absolute atomic E-state index is 0.421. The molecule has 1 aromatic heterocycles. The summed E-state index contributed by atoms with van der Waals surface area (Å²) in [6.45, 7) is 2.99. The number of rotatable bonds is 4. The first kappa shape index (κ1) is 12.3. The maximum absolute atomic E-state index is 5.75. The largest absolute Gasteiger partial charge is 0.389 e. The van der Waals surface area contributed by atoms with Gasteiger partial charge in [0.05, 0.1) is 5.56 Å². The summed E-state index contributed by atoms with van der Waals surface area (Å²) in [6, 6.07) is 1.94. The smallest absolute Gasteiger partial charge is 0.136 e. The molecule has 2 rings (SSSR count). The second-order valence-corrected chi connectivity index (χ2v) is 5.19. The van der Waals surface area contributed by atoms with Crippen LogP contribution in [0.4, 0.5) is 5.82 Å². The Morgan fingerprint density at radius 1 is 1.53 bits per heavy atom. The number of nitrogens with zero attached hydrogens (tertiary/aromatic N) is 1. The Kier molecular flexibility index (Phi) is 3.94. The quantitative estimate of drug-likeness (QED) is 0.805. The van der Waals surface area contributed by atoms with Gasteiger partial charge in [0.25, 0.3) is 0 Å². The number of pyridine rings is 1. The van der Waals surface area contributed by atoms with Gasteiger partial charge in [-0.25, -0.2) is 4.98 Å². The van der Waals surface area contributed by atoms with Gasteiger partial charge in [-0.3, -0.25) is 0 Å². The number of hydrogen-bond donors (Lipinski definition) is 2. The maximum Gasteiger partial charge on any atom is 0.136 e. The van der Waals surface area contributed by atoms with Crippen LogP contribution < -0.4 is 11.1 Å². The van der Waals surface area contributed by atoms with Crippen LogP contribution in [0.2, 0.25) is 0 Å². The summed E-state index contributed by atoms with van der Waals surface area (Å²) in [6.07, 6.45) is 7.15. The zero-order valence-corrected chi connectivity index (χ0v) is 11.0. The van der Waals surface area contributed by atoms with Gasteiger partial charge in [-0.1, -0.05) is 25.1 Å². The van der Waals surface area contributed by atoms with E-state index in [-0.39, 0.29) is 0 Å². The fraction of sp³-hybridized carbons (Fsp3) is 0.538. The average Bonchev–Trinajstić information content (AvgIpc) is 2.78. The molecule has 17 heavy (non-hydrogen) atoms. The zero-order chi connectivity index (χ0) is 12.3. The van der Waals surface area contributed by atoms with Crippen LogP contribution in [-0.2, 0) is 0 Å². The highest BCUT2D eigenvalue weighted by atomic mass is 32.1. The molecule has 0 aromatic carbocycles. The first-order valence-corrected chi connectivity index (χ1v) is 6.58. The second kappa shape index (κ2) is 5.45. The minimum Gasteiger partial charge on any atom is -0.389 e. The van der Waals surface area contributed by atoms with Crippen LogP contribution in [0.1, 0.15) is 36.8 Å². The molecule has 0 bridgehead atoms. The van der Waals surface area contributed by atoms with Gasteiger partial charge in [0, 0.05) is 12.7 Å². The average molecular weight is 249 g/mol. The Morgan fingerprint density at radius 3 is 2.88 bits per heavy atom. The zero-order valence-electron chi connectivity index (χ0n) is 10.2. The molecule has 3 N–H and O–H groups in total. The van der Waals surface area contributed by atoms with Crippen molar-refractivity contribution in [2.45, 2.75) is 32.6 Å². The molecule has 0 radical (unpaired) electrons. The molecule has 4 heteroatoms. The highest BCUT2D eigenvalue weighted by Gasteiger charge is 2.16. The number of aryl methyl sites for hydroxylation is 1. The molecule has 0 unspecified atom stereocenters. The van der Waals surface area contributed by atoms with Crippen LogP contribution in [0, 0.1) is 12.8 Å². The van der Waals surface area contributed by atoms with Crippen molar-refractivity contribution in [3.05, 3.63) is 23.4 Å². The van der Waals surface area contributed by atoms with E-state index in [4.69, 9.17) is 18.0 Å². The molecule has 1 saturated carbocycles. The highest BCUT2D eigenvalue weighted by molar-refractivity contribution is 7.80. The van der Waals surface area contributed by atoms with Crippen molar-refractivity contribution in [3.63, 3.8) is 0 Å². The number of thiocarbonyl (C=S) groups is 1. The molecule has 92 valence electrons. The van der Waals surface area contributed by atoms with E-state index in [2.05, 4.69) is 10.3 Å². The fourth-order valence-corrected chi connectivity index (χ4v) is 2.72. The van der Waals surface area contributed by atoms with E-state index in [9.17, 15) is 0 Å². The first-order chi connectivity index (χ1) is 8.18. The molecule has 1 aliphatic carbocycles. The van der Waals surface area contributed by atoms with E-state index in [1.54, 1.807) is 6.20 Å². The number of anilines is 1. The Balaban J connectivity index is 2.09. The lowest BCUT2D eigenvalue weighted by molar-refractivity contribution is 0.579. The predicted molar refractivity (Wildman–Crippen MR) is 75.3 cm³/mol. The second-order valence-electron chi connectivity index (χ2n) is 4.75. The summed E-state index contributed by atoms with van der Waals surface area (Å²) in [5, 5.41) is 3.40. The Labute approximate surface area is 108 Å². The molecule has 1 fully saturated rings. The van der Waals surface area contributed by atoms with Crippen molar-refractivity contribution in [1.29, 1.82) is 0 Å². The highest BCUT2D eigenvalue weighted by Crippen LogP contribution is 2.25. The lowest BCUT2D eigenvalue weighted by atomic mass is 10.1. The monoisotopic (exact) mass is 249 g/mol. The Bertz CT molecular complexity index is 411. The van der Waals surface area contributed by atoms with Gasteiger partial charge in [0.1, 0.15) is 10.8 Å². The number of hydrogen-bond acceptors (Lipinski definition) is 3. The number of aromatic nitrogens is 1. The van der Waals surface area contributed by atoms with E-state index in [1.165, 1.54) is 25.7 Å². The molecule has 1 aromatic rings.